The lowest BCUT2D eigenvalue weighted by Crippen LogP contribution is -2.35. The van der Waals surface area contributed by atoms with Gasteiger partial charge < -0.3 is 20.1 Å². The number of anilines is 2. The lowest BCUT2D eigenvalue weighted by Gasteiger charge is -2.32. The maximum atomic E-state index is 12.5. The smallest absolute Gasteiger partial charge is 0.336 e. The fourth-order valence-electron chi connectivity index (χ4n) is 4.16. The van der Waals surface area contributed by atoms with Gasteiger partial charge in [0.05, 0.1) is 24.6 Å². The van der Waals surface area contributed by atoms with Gasteiger partial charge in [-0.25, -0.2) is 9.78 Å². The molecule has 2 heterocycles. The van der Waals surface area contributed by atoms with Gasteiger partial charge in [0.15, 0.2) is 0 Å². The van der Waals surface area contributed by atoms with E-state index in [1.54, 1.807) is 31.4 Å². The van der Waals surface area contributed by atoms with Crippen LogP contribution in [0.25, 0.3) is 10.9 Å². The lowest BCUT2D eigenvalue weighted by molar-refractivity contribution is -0.115. The molecule has 2 N–H and O–H groups in total. The molecule has 1 saturated heterocycles. The average molecular weight is 434 g/mol. The summed E-state index contributed by atoms with van der Waals surface area (Å²) >= 11 is 0. The number of hydrogen-bond acceptors (Lipinski definition) is 5. The van der Waals surface area contributed by atoms with Gasteiger partial charge in [0.1, 0.15) is 11.6 Å². The number of carbonyl (C=O) groups is 2. The van der Waals surface area contributed by atoms with E-state index in [4.69, 9.17) is 9.72 Å². The van der Waals surface area contributed by atoms with Crippen molar-refractivity contribution in [1.82, 2.24) is 4.98 Å². The SMILES string of the molecule is COc1ccc(CC(=O)Nc2ccc3nc(N4CCC[C@H](C)C4)cc(C(=O)O)c3c2)cc1. The van der Waals surface area contributed by atoms with Gasteiger partial charge in [-0.05, 0) is 60.7 Å². The summed E-state index contributed by atoms with van der Waals surface area (Å²) < 4.78 is 5.14. The molecule has 1 atom stereocenters. The first-order valence-electron chi connectivity index (χ1n) is 10.8. The minimum atomic E-state index is -1.01. The Morgan fingerprint density at radius 3 is 2.66 bits per heavy atom. The van der Waals surface area contributed by atoms with Crippen LogP contribution < -0.4 is 15.0 Å². The molecule has 0 bridgehead atoms. The number of aromatic nitrogens is 1. The Hall–Kier alpha value is -3.61. The van der Waals surface area contributed by atoms with Crippen molar-refractivity contribution < 1.29 is 19.4 Å². The Morgan fingerprint density at radius 1 is 1.19 bits per heavy atom. The van der Waals surface area contributed by atoms with E-state index in [2.05, 4.69) is 17.1 Å². The summed E-state index contributed by atoms with van der Waals surface area (Å²) in [7, 11) is 1.59. The molecule has 2 aromatic carbocycles. The number of hydrogen-bond donors (Lipinski definition) is 2. The number of piperidine rings is 1. The van der Waals surface area contributed by atoms with Crippen molar-refractivity contribution in [1.29, 1.82) is 0 Å². The highest BCUT2D eigenvalue weighted by Crippen LogP contribution is 2.28. The number of carboxylic acids is 1. The zero-order chi connectivity index (χ0) is 22.7. The Kier molecular flexibility index (Phi) is 6.25. The molecular weight excluding hydrogens is 406 g/mol. The van der Waals surface area contributed by atoms with Crippen LogP contribution in [0.2, 0.25) is 0 Å². The summed E-state index contributed by atoms with van der Waals surface area (Å²) in [6, 6.07) is 14.2. The Morgan fingerprint density at radius 2 is 1.97 bits per heavy atom. The zero-order valence-electron chi connectivity index (χ0n) is 18.3. The minimum absolute atomic E-state index is 0.182. The molecular formula is C25H27N3O4. The first-order valence-corrected chi connectivity index (χ1v) is 10.8. The van der Waals surface area contributed by atoms with E-state index >= 15 is 0 Å². The number of benzene rings is 2. The number of carbonyl (C=O) groups excluding carboxylic acids is 1. The highest BCUT2D eigenvalue weighted by atomic mass is 16.5. The molecule has 4 rings (SSSR count). The third-order valence-corrected chi connectivity index (χ3v) is 5.81. The first kappa shape index (κ1) is 21.6. The Balaban J connectivity index is 1.57. The molecule has 1 aliphatic heterocycles. The molecule has 0 saturated carbocycles. The van der Waals surface area contributed by atoms with Gasteiger partial charge in [-0.2, -0.15) is 0 Å². The van der Waals surface area contributed by atoms with E-state index in [0.717, 1.165) is 30.8 Å². The van der Waals surface area contributed by atoms with Crippen LogP contribution in [0, 0.1) is 5.92 Å². The number of methoxy groups -OCH3 is 1. The summed E-state index contributed by atoms with van der Waals surface area (Å²) in [5, 5.41) is 13.2. The summed E-state index contributed by atoms with van der Waals surface area (Å²) in [5.41, 5.74) is 2.19. The van der Waals surface area contributed by atoms with E-state index in [-0.39, 0.29) is 17.9 Å². The van der Waals surface area contributed by atoms with Crippen LogP contribution in [-0.4, -0.2) is 42.2 Å². The van der Waals surface area contributed by atoms with Crippen molar-refractivity contribution in [3.05, 3.63) is 59.7 Å². The van der Waals surface area contributed by atoms with E-state index < -0.39 is 5.97 Å². The van der Waals surface area contributed by atoms with Gasteiger partial charge in [-0.15, -0.1) is 0 Å². The van der Waals surface area contributed by atoms with Crippen LogP contribution in [0.1, 0.15) is 35.7 Å². The molecule has 1 fully saturated rings. The van der Waals surface area contributed by atoms with Crippen molar-refractivity contribution in [2.45, 2.75) is 26.2 Å². The molecule has 32 heavy (non-hydrogen) atoms. The van der Waals surface area contributed by atoms with E-state index in [1.165, 1.54) is 6.42 Å². The van der Waals surface area contributed by atoms with Gasteiger partial charge in [0.25, 0.3) is 0 Å². The van der Waals surface area contributed by atoms with Gasteiger partial charge in [0, 0.05) is 24.2 Å². The van der Waals surface area contributed by atoms with Gasteiger partial charge in [0.2, 0.25) is 5.91 Å². The molecule has 0 spiro atoms. The minimum Gasteiger partial charge on any atom is -0.497 e. The van der Waals surface area contributed by atoms with Crippen LogP contribution in [0.3, 0.4) is 0 Å². The fraction of sp³-hybridized carbons (Fsp3) is 0.320. The second-order valence-corrected chi connectivity index (χ2v) is 8.33. The lowest BCUT2D eigenvalue weighted by atomic mass is 10.00. The summed E-state index contributed by atoms with van der Waals surface area (Å²) in [6.45, 7) is 3.95. The molecule has 3 aromatic rings. The van der Waals surface area contributed by atoms with Crippen LogP contribution >= 0.6 is 0 Å². The number of pyridine rings is 1. The van der Waals surface area contributed by atoms with Crippen molar-refractivity contribution in [3.8, 4) is 5.75 Å². The highest BCUT2D eigenvalue weighted by Gasteiger charge is 2.21. The largest absolute Gasteiger partial charge is 0.497 e. The van der Waals surface area contributed by atoms with Gasteiger partial charge in [-0.1, -0.05) is 19.1 Å². The van der Waals surface area contributed by atoms with Gasteiger partial charge in [-0.3, -0.25) is 4.79 Å². The summed E-state index contributed by atoms with van der Waals surface area (Å²) in [5.74, 6) is 0.787. The number of aromatic carboxylic acids is 1. The molecule has 1 aliphatic rings. The average Bonchev–Trinajstić information content (AvgIpc) is 2.78. The molecule has 7 heteroatoms. The standard InChI is InChI=1S/C25H27N3O4/c1-16-4-3-11-28(15-16)23-14-21(25(30)31)20-13-18(7-10-22(20)27-23)26-24(29)12-17-5-8-19(32-2)9-6-17/h5-10,13-14,16H,3-4,11-12,15H2,1-2H3,(H,26,29)(H,30,31)/t16-/m0/s1. The predicted octanol–water partition coefficient (Wildman–Crippen LogP) is 4.36. The van der Waals surface area contributed by atoms with Crippen molar-refractivity contribution >= 4 is 34.3 Å². The fourth-order valence-corrected chi connectivity index (χ4v) is 4.16. The number of fused-ring (bicyclic) bond motifs is 1. The number of amides is 1. The summed E-state index contributed by atoms with van der Waals surface area (Å²) in [6.07, 6.45) is 2.45. The van der Waals surface area contributed by atoms with E-state index in [9.17, 15) is 14.7 Å². The maximum Gasteiger partial charge on any atom is 0.336 e. The van der Waals surface area contributed by atoms with Crippen LogP contribution in [0.15, 0.2) is 48.5 Å². The molecule has 166 valence electrons. The molecule has 1 aromatic heterocycles. The Labute approximate surface area is 187 Å². The normalized spacial score (nSPS) is 16.1. The monoisotopic (exact) mass is 433 g/mol. The van der Waals surface area contributed by atoms with Crippen molar-refractivity contribution in [3.63, 3.8) is 0 Å². The predicted molar refractivity (Wildman–Crippen MR) is 125 cm³/mol. The maximum absolute atomic E-state index is 12.5. The van der Waals surface area contributed by atoms with Crippen LogP contribution in [0.5, 0.6) is 5.75 Å². The van der Waals surface area contributed by atoms with Crippen LogP contribution in [0.4, 0.5) is 11.5 Å². The first-order chi connectivity index (χ1) is 15.4. The number of nitrogens with zero attached hydrogens (tertiary/aromatic N) is 2. The summed E-state index contributed by atoms with van der Waals surface area (Å²) in [4.78, 5) is 31.4. The Bertz CT molecular complexity index is 1140. The second kappa shape index (κ2) is 9.26. The molecule has 0 aliphatic carbocycles. The third kappa shape index (κ3) is 4.82. The van der Waals surface area contributed by atoms with Crippen molar-refractivity contribution in [2.24, 2.45) is 5.92 Å². The molecule has 0 radical (unpaired) electrons. The number of rotatable bonds is 6. The zero-order valence-corrected chi connectivity index (χ0v) is 18.3. The number of ether oxygens (including phenoxy) is 1. The van der Waals surface area contributed by atoms with E-state index in [0.29, 0.717) is 28.3 Å². The number of carboxylic acid groups (broad SMARTS) is 1. The number of nitrogens with one attached hydrogen (secondary N) is 1. The molecule has 1 amide bonds. The van der Waals surface area contributed by atoms with Crippen molar-refractivity contribution in [2.75, 3.05) is 30.4 Å². The van der Waals surface area contributed by atoms with Crippen LogP contribution in [-0.2, 0) is 11.2 Å². The topological polar surface area (TPSA) is 91.8 Å². The molecule has 0 unspecified atom stereocenters. The quantitative estimate of drug-likeness (QED) is 0.600. The second-order valence-electron chi connectivity index (χ2n) is 8.33. The highest BCUT2D eigenvalue weighted by molar-refractivity contribution is 6.05. The van der Waals surface area contributed by atoms with E-state index in [1.807, 2.05) is 24.3 Å². The van der Waals surface area contributed by atoms with Gasteiger partial charge >= 0.3 is 5.97 Å². The third-order valence-electron chi connectivity index (χ3n) is 5.81. The molecule has 7 nitrogen and oxygen atoms in total.